The van der Waals surface area contributed by atoms with Crippen LogP contribution in [0.5, 0.6) is 0 Å². The number of ketones is 1. The minimum absolute atomic E-state index is 0.00285. The number of carbonyl (C=O) groups is 2. The van der Waals surface area contributed by atoms with Crippen molar-refractivity contribution in [2.75, 3.05) is 5.32 Å². The number of rotatable bonds is 3. The monoisotopic (exact) mass is 233 g/mol. The maximum Gasteiger partial charge on any atom is 0.224 e. The zero-order chi connectivity index (χ0) is 13.1. The van der Waals surface area contributed by atoms with Crippen LogP contribution in [0.15, 0.2) is 24.3 Å². The van der Waals surface area contributed by atoms with Gasteiger partial charge in [0.05, 0.1) is 0 Å². The molecule has 3 nitrogen and oxygen atoms in total. The molecular weight excluding hydrogens is 214 g/mol. The van der Waals surface area contributed by atoms with E-state index in [4.69, 9.17) is 0 Å². The molecule has 3 heteroatoms. The molecule has 1 aromatic carbocycles. The highest BCUT2D eigenvalue weighted by atomic mass is 16.1. The second-order valence-electron chi connectivity index (χ2n) is 5.42. The van der Waals surface area contributed by atoms with Gasteiger partial charge in [-0.05, 0) is 24.5 Å². The number of Topliss-reactive ketones (excluding diaryl/α,β-unsaturated/α-hetero) is 1. The van der Waals surface area contributed by atoms with Gasteiger partial charge in [0.15, 0.2) is 5.78 Å². The maximum absolute atomic E-state index is 11.7. The van der Waals surface area contributed by atoms with Crippen molar-refractivity contribution in [1.29, 1.82) is 0 Å². The molecule has 1 rings (SSSR count). The van der Waals surface area contributed by atoms with E-state index in [0.29, 0.717) is 17.7 Å². The van der Waals surface area contributed by atoms with Crippen molar-refractivity contribution in [3.05, 3.63) is 29.8 Å². The molecule has 1 N–H and O–H groups in total. The smallest absolute Gasteiger partial charge is 0.224 e. The molecule has 0 aliphatic carbocycles. The van der Waals surface area contributed by atoms with Gasteiger partial charge in [0.1, 0.15) is 0 Å². The largest absolute Gasteiger partial charge is 0.326 e. The van der Waals surface area contributed by atoms with Gasteiger partial charge in [0.25, 0.3) is 0 Å². The Bertz CT molecular complexity index is 430. The number of carbonyl (C=O) groups excluding carboxylic acids is 2. The summed E-state index contributed by atoms with van der Waals surface area (Å²) in [6, 6.07) is 6.99. The van der Waals surface area contributed by atoms with Gasteiger partial charge < -0.3 is 5.32 Å². The molecule has 0 saturated carbocycles. The van der Waals surface area contributed by atoms with Crippen LogP contribution < -0.4 is 5.32 Å². The van der Waals surface area contributed by atoms with Gasteiger partial charge in [-0.25, -0.2) is 0 Å². The summed E-state index contributed by atoms with van der Waals surface area (Å²) in [4.78, 5) is 22.9. The first kappa shape index (κ1) is 13.4. The highest BCUT2D eigenvalue weighted by Gasteiger charge is 2.16. The zero-order valence-electron chi connectivity index (χ0n) is 10.8. The summed E-state index contributed by atoms with van der Waals surface area (Å²) in [7, 11) is 0. The first-order valence-electron chi connectivity index (χ1n) is 5.69. The van der Waals surface area contributed by atoms with Crippen molar-refractivity contribution in [3.63, 3.8) is 0 Å². The predicted molar refractivity (Wildman–Crippen MR) is 69.1 cm³/mol. The highest BCUT2D eigenvalue weighted by Crippen LogP contribution is 2.20. The number of benzene rings is 1. The Labute approximate surface area is 102 Å². The Morgan fingerprint density at radius 1 is 1.24 bits per heavy atom. The molecule has 0 fully saturated rings. The van der Waals surface area contributed by atoms with E-state index in [9.17, 15) is 9.59 Å². The molecule has 0 heterocycles. The number of hydrogen-bond donors (Lipinski definition) is 1. The second kappa shape index (κ2) is 5.13. The van der Waals surface area contributed by atoms with E-state index in [1.165, 1.54) is 6.92 Å². The molecule has 0 spiro atoms. The van der Waals surface area contributed by atoms with Crippen LogP contribution in [0, 0.1) is 5.41 Å². The van der Waals surface area contributed by atoms with Crippen molar-refractivity contribution in [1.82, 2.24) is 0 Å². The van der Waals surface area contributed by atoms with Crippen molar-refractivity contribution >= 4 is 17.4 Å². The van der Waals surface area contributed by atoms with Gasteiger partial charge in [0, 0.05) is 17.7 Å². The summed E-state index contributed by atoms with van der Waals surface area (Å²) in [6.07, 6.45) is 0.456. The lowest BCUT2D eigenvalue weighted by Crippen LogP contribution is -2.19. The molecule has 1 amide bonds. The average molecular weight is 233 g/mol. The molecule has 0 aliphatic heterocycles. The minimum Gasteiger partial charge on any atom is -0.326 e. The Morgan fingerprint density at radius 2 is 1.88 bits per heavy atom. The van der Waals surface area contributed by atoms with Crippen LogP contribution in [0.4, 0.5) is 5.69 Å². The summed E-state index contributed by atoms with van der Waals surface area (Å²) in [5.41, 5.74) is 1.24. The summed E-state index contributed by atoms with van der Waals surface area (Å²) in [5.74, 6) is -0.0323. The molecule has 0 bridgehead atoms. The molecule has 0 saturated heterocycles. The standard InChI is InChI=1S/C14H19NO2/c1-10(16)11-6-5-7-12(8-11)15-13(17)9-14(2,3)4/h5-8H,9H2,1-4H3,(H,15,17). The van der Waals surface area contributed by atoms with Crippen LogP contribution in [0.3, 0.4) is 0 Å². The third-order valence-corrected chi connectivity index (χ3v) is 2.24. The van der Waals surface area contributed by atoms with Crippen LogP contribution >= 0.6 is 0 Å². The van der Waals surface area contributed by atoms with Crippen molar-refractivity contribution in [2.24, 2.45) is 5.41 Å². The van der Waals surface area contributed by atoms with Crippen LogP contribution in [-0.2, 0) is 4.79 Å². The second-order valence-corrected chi connectivity index (χ2v) is 5.42. The van der Waals surface area contributed by atoms with Crippen LogP contribution in [0.2, 0.25) is 0 Å². The van der Waals surface area contributed by atoms with Gasteiger partial charge in [-0.3, -0.25) is 9.59 Å². The number of amides is 1. The molecule has 17 heavy (non-hydrogen) atoms. The fourth-order valence-electron chi connectivity index (χ4n) is 1.50. The first-order chi connectivity index (χ1) is 7.78. The maximum atomic E-state index is 11.7. The van der Waals surface area contributed by atoms with E-state index in [0.717, 1.165) is 0 Å². The van der Waals surface area contributed by atoms with Crippen LogP contribution in [0.25, 0.3) is 0 Å². The SMILES string of the molecule is CC(=O)c1cccc(NC(=O)CC(C)(C)C)c1. The van der Waals surface area contributed by atoms with Crippen LogP contribution in [0.1, 0.15) is 44.5 Å². The average Bonchev–Trinajstić information content (AvgIpc) is 2.14. The molecule has 0 aliphatic rings. The molecule has 0 atom stereocenters. The first-order valence-corrected chi connectivity index (χ1v) is 5.69. The fraction of sp³-hybridized carbons (Fsp3) is 0.429. The Hall–Kier alpha value is -1.64. The van der Waals surface area contributed by atoms with E-state index in [-0.39, 0.29) is 17.1 Å². The summed E-state index contributed by atoms with van der Waals surface area (Å²) >= 11 is 0. The van der Waals surface area contributed by atoms with Crippen molar-refractivity contribution in [3.8, 4) is 0 Å². The third kappa shape index (κ3) is 4.81. The highest BCUT2D eigenvalue weighted by molar-refractivity contribution is 5.97. The number of hydrogen-bond acceptors (Lipinski definition) is 2. The normalized spacial score (nSPS) is 11.1. The number of anilines is 1. The Balaban J connectivity index is 2.72. The summed E-state index contributed by atoms with van der Waals surface area (Å²) < 4.78 is 0. The van der Waals surface area contributed by atoms with E-state index in [2.05, 4.69) is 5.32 Å². The van der Waals surface area contributed by atoms with E-state index in [1.807, 2.05) is 20.8 Å². The molecular formula is C14H19NO2. The van der Waals surface area contributed by atoms with Crippen molar-refractivity contribution < 1.29 is 9.59 Å². The topological polar surface area (TPSA) is 46.2 Å². The van der Waals surface area contributed by atoms with Gasteiger partial charge in [-0.1, -0.05) is 32.9 Å². The Kier molecular flexibility index (Phi) is 4.05. The van der Waals surface area contributed by atoms with Gasteiger partial charge >= 0.3 is 0 Å². The summed E-state index contributed by atoms with van der Waals surface area (Å²) in [6.45, 7) is 7.55. The third-order valence-electron chi connectivity index (χ3n) is 2.24. The molecule has 0 radical (unpaired) electrons. The Morgan fingerprint density at radius 3 is 2.41 bits per heavy atom. The summed E-state index contributed by atoms with van der Waals surface area (Å²) in [5, 5.41) is 2.80. The number of nitrogens with one attached hydrogen (secondary N) is 1. The molecule has 0 aromatic heterocycles. The molecule has 92 valence electrons. The van der Waals surface area contributed by atoms with E-state index in [1.54, 1.807) is 24.3 Å². The predicted octanol–water partition coefficient (Wildman–Crippen LogP) is 3.26. The van der Waals surface area contributed by atoms with Crippen LogP contribution in [-0.4, -0.2) is 11.7 Å². The molecule has 1 aromatic rings. The van der Waals surface area contributed by atoms with Gasteiger partial charge in [-0.15, -0.1) is 0 Å². The minimum atomic E-state index is -0.0394. The molecule has 0 unspecified atom stereocenters. The van der Waals surface area contributed by atoms with Gasteiger partial charge in [0.2, 0.25) is 5.91 Å². The van der Waals surface area contributed by atoms with E-state index < -0.39 is 0 Å². The zero-order valence-corrected chi connectivity index (χ0v) is 10.8. The fourth-order valence-corrected chi connectivity index (χ4v) is 1.50. The van der Waals surface area contributed by atoms with Gasteiger partial charge in [-0.2, -0.15) is 0 Å². The quantitative estimate of drug-likeness (QED) is 0.814. The lowest BCUT2D eigenvalue weighted by Gasteiger charge is -2.17. The van der Waals surface area contributed by atoms with E-state index >= 15 is 0 Å². The lowest BCUT2D eigenvalue weighted by atomic mass is 9.92. The lowest BCUT2D eigenvalue weighted by molar-refractivity contribution is -0.117. The van der Waals surface area contributed by atoms with Crippen molar-refractivity contribution in [2.45, 2.75) is 34.1 Å².